The van der Waals surface area contributed by atoms with Crippen molar-refractivity contribution >= 4 is 5.91 Å². The monoisotopic (exact) mass is 347 g/mol. The van der Waals surface area contributed by atoms with E-state index in [4.69, 9.17) is 5.26 Å². The van der Waals surface area contributed by atoms with Crippen molar-refractivity contribution in [1.82, 2.24) is 9.80 Å². The van der Waals surface area contributed by atoms with E-state index in [1.807, 2.05) is 4.90 Å². The highest BCUT2D eigenvalue weighted by Gasteiger charge is 2.22. The fraction of sp³-hybridized carbons (Fsp3) is 0.364. The third-order valence-corrected chi connectivity index (χ3v) is 4.95. The number of nitrogens with zero attached hydrogens (tertiary/aromatic N) is 3. The van der Waals surface area contributed by atoms with E-state index in [0.29, 0.717) is 17.0 Å². The van der Waals surface area contributed by atoms with Crippen molar-refractivity contribution in [3.63, 3.8) is 0 Å². The van der Waals surface area contributed by atoms with Gasteiger partial charge >= 0.3 is 0 Å². The van der Waals surface area contributed by atoms with E-state index in [2.05, 4.69) is 49.1 Å². The van der Waals surface area contributed by atoms with Crippen LogP contribution in [0.4, 0.5) is 0 Å². The summed E-state index contributed by atoms with van der Waals surface area (Å²) < 4.78 is 0. The number of carbonyl (C=O) groups excluding carboxylic acids is 1. The van der Waals surface area contributed by atoms with Gasteiger partial charge in [-0.25, -0.2) is 0 Å². The minimum absolute atomic E-state index is 0.0167. The molecule has 4 nitrogen and oxygen atoms in total. The molecule has 26 heavy (non-hydrogen) atoms. The molecule has 1 saturated heterocycles. The summed E-state index contributed by atoms with van der Waals surface area (Å²) in [4.78, 5) is 16.9. The van der Waals surface area contributed by atoms with Crippen molar-refractivity contribution in [2.45, 2.75) is 26.3 Å². The van der Waals surface area contributed by atoms with Crippen LogP contribution in [0.5, 0.6) is 0 Å². The Morgan fingerprint density at radius 2 is 1.77 bits per heavy atom. The first-order valence-electron chi connectivity index (χ1n) is 9.17. The molecule has 4 heteroatoms. The summed E-state index contributed by atoms with van der Waals surface area (Å²) in [5.41, 5.74) is 3.81. The van der Waals surface area contributed by atoms with Crippen molar-refractivity contribution in [2.75, 3.05) is 26.2 Å². The fourth-order valence-electron chi connectivity index (χ4n) is 3.28. The van der Waals surface area contributed by atoms with E-state index in [-0.39, 0.29) is 5.91 Å². The molecule has 134 valence electrons. The van der Waals surface area contributed by atoms with Crippen LogP contribution in [-0.4, -0.2) is 41.9 Å². The van der Waals surface area contributed by atoms with Crippen LogP contribution in [0.25, 0.3) is 0 Å². The molecule has 0 spiro atoms. The number of amides is 1. The number of carbonyl (C=O) groups is 1. The summed E-state index contributed by atoms with van der Waals surface area (Å²) >= 11 is 0. The van der Waals surface area contributed by atoms with E-state index in [0.717, 1.165) is 32.7 Å². The van der Waals surface area contributed by atoms with Crippen LogP contribution in [-0.2, 0) is 6.54 Å². The number of benzene rings is 2. The van der Waals surface area contributed by atoms with Crippen LogP contribution in [0.3, 0.4) is 0 Å². The van der Waals surface area contributed by atoms with Crippen molar-refractivity contribution < 1.29 is 4.79 Å². The van der Waals surface area contributed by atoms with Gasteiger partial charge in [0, 0.05) is 38.3 Å². The Bertz CT molecular complexity index is 797. The lowest BCUT2D eigenvalue weighted by molar-refractivity contribution is 0.0628. The van der Waals surface area contributed by atoms with Gasteiger partial charge in [0.05, 0.1) is 11.6 Å². The number of nitriles is 1. The van der Waals surface area contributed by atoms with Gasteiger partial charge in [-0.05, 0) is 35.2 Å². The molecule has 1 heterocycles. The maximum atomic E-state index is 12.6. The van der Waals surface area contributed by atoms with E-state index >= 15 is 0 Å². The second kappa shape index (κ2) is 8.16. The SMILES string of the molecule is CC(C)c1ccc(CN2CCN(C(=O)c3cccc(C#N)c3)CC2)cc1. The lowest BCUT2D eigenvalue weighted by Crippen LogP contribution is -2.48. The molecule has 0 saturated carbocycles. The fourth-order valence-corrected chi connectivity index (χ4v) is 3.28. The topological polar surface area (TPSA) is 47.3 Å². The molecule has 0 aliphatic carbocycles. The predicted octanol–water partition coefficient (Wildman–Crippen LogP) is 3.64. The normalized spacial score (nSPS) is 15.1. The van der Waals surface area contributed by atoms with Gasteiger partial charge in [0.25, 0.3) is 5.91 Å². The van der Waals surface area contributed by atoms with Gasteiger partial charge in [-0.15, -0.1) is 0 Å². The summed E-state index contributed by atoms with van der Waals surface area (Å²) in [5.74, 6) is 0.571. The van der Waals surface area contributed by atoms with Crippen LogP contribution < -0.4 is 0 Å². The predicted molar refractivity (Wildman–Crippen MR) is 103 cm³/mol. The maximum absolute atomic E-state index is 12.6. The van der Waals surface area contributed by atoms with Gasteiger partial charge < -0.3 is 4.90 Å². The highest BCUT2D eigenvalue weighted by Crippen LogP contribution is 2.17. The summed E-state index contributed by atoms with van der Waals surface area (Å²) in [5, 5.41) is 8.99. The smallest absolute Gasteiger partial charge is 0.253 e. The minimum Gasteiger partial charge on any atom is -0.336 e. The molecular formula is C22H25N3O. The second-order valence-corrected chi connectivity index (χ2v) is 7.16. The second-order valence-electron chi connectivity index (χ2n) is 7.16. The van der Waals surface area contributed by atoms with Crippen molar-refractivity contribution in [3.05, 3.63) is 70.8 Å². The van der Waals surface area contributed by atoms with Gasteiger partial charge in [-0.2, -0.15) is 5.26 Å². The maximum Gasteiger partial charge on any atom is 0.253 e. The van der Waals surface area contributed by atoms with E-state index in [1.54, 1.807) is 24.3 Å². The Hall–Kier alpha value is -2.64. The molecule has 0 atom stereocenters. The molecule has 2 aromatic rings. The molecule has 2 aromatic carbocycles. The Labute approximate surface area is 155 Å². The summed E-state index contributed by atoms with van der Waals surface area (Å²) in [6.45, 7) is 8.52. The Kier molecular flexibility index (Phi) is 5.70. The molecular weight excluding hydrogens is 322 g/mol. The molecule has 0 unspecified atom stereocenters. The molecule has 1 amide bonds. The van der Waals surface area contributed by atoms with Crippen molar-refractivity contribution in [2.24, 2.45) is 0 Å². The number of piperazine rings is 1. The van der Waals surface area contributed by atoms with Gasteiger partial charge in [-0.1, -0.05) is 44.2 Å². The highest BCUT2D eigenvalue weighted by atomic mass is 16.2. The summed E-state index contributed by atoms with van der Waals surface area (Å²) in [6, 6.07) is 17.9. The summed E-state index contributed by atoms with van der Waals surface area (Å²) in [6.07, 6.45) is 0. The molecule has 1 aliphatic heterocycles. The third-order valence-electron chi connectivity index (χ3n) is 4.95. The average Bonchev–Trinajstić information content (AvgIpc) is 2.68. The largest absolute Gasteiger partial charge is 0.336 e. The standard InChI is InChI=1S/C22H25N3O/c1-17(2)20-8-6-18(7-9-20)16-24-10-12-25(13-11-24)22(26)21-5-3-4-19(14-21)15-23/h3-9,14,17H,10-13,16H2,1-2H3. The Morgan fingerprint density at radius 1 is 1.08 bits per heavy atom. The molecule has 0 aromatic heterocycles. The molecule has 0 radical (unpaired) electrons. The Balaban J connectivity index is 1.55. The van der Waals surface area contributed by atoms with Crippen LogP contribution in [0, 0.1) is 11.3 Å². The van der Waals surface area contributed by atoms with Gasteiger partial charge in [-0.3, -0.25) is 9.69 Å². The van der Waals surface area contributed by atoms with Gasteiger partial charge in [0.1, 0.15) is 0 Å². The van der Waals surface area contributed by atoms with Crippen LogP contribution in [0.15, 0.2) is 48.5 Å². The van der Waals surface area contributed by atoms with Crippen molar-refractivity contribution in [3.8, 4) is 6.07 Å². The van der Waals surface area contributed by atoms with Gasteiger partial charge in [0.2, 0.25) is 0 Å². The molecule has 0 bridgehead atoms. The van der Waals surface area contributed by atoms with Crippen LogP contribution in [0.2, 0.25) is 0 Å². The zero-order valence-corrected chi connectivity index (χ0v) is 15.5. The van der Waals surface area contributed by atoms with Crippen LogP contribution >= 0.6 is 0 Å². The first-order chi connectivity index (χ1) is 12.6. The molecule has 1 aliphatic rings. The average molecular weight is 347 g/mol. The van der Waals surface area contributed by atoms with Crippen molar-refractivity contribution in [1.29, 1.82) is 5.26 Å². The minimum atomic E-state index is 0.0167. The summed E-state index contributed by atoms with van der Waals surface area (Å²) in [7, 11) is 0. The molecule has 1 fully saturated rings. The number of hydrogen-bond acceptors (Lipinski definition) is 3. The molecule has 0 N–H and O–H groups in total. The zero-order valence-electron chi connectivity index (χ0n) is 15.5. The lowest BCUT2D eigenvalue weighted by atomic mass is 10.0. The first kappa shape index (κ1) is 18.2. The third kappa shape index (κ3) is 4.30. The van der Waals surface area contributed by atoms with Gasteiger partial charge in [0.15, 0.2) is 0 Å². The highest BCUT2D eigenvalue weighted by molar-refractivity contribution is 5.94. The quantitative estimate of drug-likeness (QED) is 0.848. The number of hydrogen-bond donors (Lipinski definition) is 0. The lowest BCUT2D eigenvalue weighted by Gasteiger charge is -2.34. The van der Waals surface area contributed by atoms with E-state index in [1.165, 1.54) is 11.1 Å². The first-order valence-corrected chi connectivity index (χ1v) is 9.17. The van der Waals surface area contributed by atoms with E-state index in [9.17, 15) is 4.79 Å². The zero-order chi connectivity index (χ0) is 18.5. The number of rotatable bonds is 4. The Morgan fingerprint density at radius 3 is 2.38 bits per heavy atom. The molecule has 3 rings (SSSR count). The van der Waals surface area contributed by atoms with E-state index < -0.39 is 0 Å². The van der Waals surface area contributed by atoms with Crippen LogP contribution in [0.1, 0.15) is 46.8 Å².